The van der Waals surface area contributed by atoms with Gasteiger partial charge in [-0.2, -0.15) is 0 Å². The molecule has 2 heteroatoms. The summed E-state index contributed by atoms with van der Waals surface area (Å²) < 4.78 is 5.72. The number of carbonyl (C=O) groups excluding carboxylic acids is 1. The smallest absolute Gasteiger partial charge is 0.122 e. The quantitative estimate of drug-likeness (QED) is 0.707. The maximum atomic E-state index is 10.3. The number of ether oxygens (including phenoxy) is 1. The van der Waals surface area contributed by atoms with E-state index in [1.807, 2.05) is 6.07 Å². The molecule has 1 heterocycles. The average molecular weight is 204 g/mol. The summed E-state index contributed by atoms with van der Waals surface area (Å²) in [6, 6.07) is 6.26. The Morgan fingerprint density at radius 1 is 1.53 bits per heavy atom. The lowest BCUT2D eigenvalue weighted by Crippen LogP contribution is -2.18. The van der Waals surface area contributed by atoms with Crippen LogP contribution in [0.4, 0.5) is 0 Å². The molecule has 0 spiro atoms. The standard InChI is InChI=1S/C13H16O2/c1-10-4-6-12-9-11(3-2-8-14)5-7-13(12)15-10/h5,7-10H,2-4,6H2,1H3. The lowest BCUT2D eigenvalue weighted by Gasteiger charge is -2.23. The van der Waals surface area contributed by atoms with E-state index in [1.54, 1.807) is 0 Å². The molecule has 0 saturated carbocycles. The Balaban J connectivity index is 2.15. The third kappa shape index (κ3) is 2.38. The minimum atomic E-state index is 0.332. The second-order valence-electron chi connectivity index (χ2n) is 4.11. The zero-order valence-corrected chi connectivity index (χ0v) is 9.03. The number of fused-ring (bicyclic) bond motifs is 1. The molecule has 1 aromatic rings. The maximum absolute atomic E-state index is 10.3. The molecule has 0 aliphatic carbocycles. The SMILES string of the molecule is CC1CCc2cc(CCC=O)ccc2O1. The molecule has 1 aliphatic heterocycles. The summed E-state index contributed by atoms with van der Waals surface area (Å²) in [6.45, 7) is 2.10. The van der Waals surface area contributed by atoms with Crippen molar-refractivity contribution in [3.05, 3.63) is 29.3 Å². The van der Waals surface area contributed by atoms with Crippen LogP contribution in [0.5, 0.6) is 5.75 Å². The van der Waals surface area contributed by atoms with Gasteiger partial charge in [0.1, 0.15) is 12.0 Å². The number of hydrogen-bond acceptors (Lipinski definition) is 2. The molecule has 15 heavy (non-hydrogen) atoms. The number of rotatable bonds is 3. The minimum Gasteiger partial charge on any atom is -0.490 e. The van der Waals surface area contributed by atoms with Gasteiger partial charge in [-0.15, -0.1) is 0 Å². The van der Waals surface area contributed by atoms with Crippen LogP contribution < -0.4 is 4.74 Å². The van der Waals surface area contributed by atoms with Gasteiger partial charge >= 0.3 is 0 Å². The van der Waals surface area contributed by atoms with E-state index in [0.29, 0.717) is 12.5 Å². The molecule has 80 valence electrons. The van der Waals surface area contributed by atoms with Gasteiger partial charge in [-0.05, 0) is 43.4 Å². The van der Waals surface area contributed by atoms with Gasteiger partial charge in [0, 0.05) is 6.42 Å². The van der Waals surface area contributed by atoms with Gasteiger partial charge in [0.2, 0.25) is 0 Å². The van der Waals surface area contributed by atoms with Gasteiger partial charge in [0.25, 0.3) is 0 Å². The summed E-state index contributed by atoms with van der Waals surface area (Å²) in [7, 11) is 0. The topological polar surface area (TPSA) is 26.3 Å². The molecule has 2 nitrogen and oxygen atoms in total. The van der Waals surface area contributed by atoms with Gasteiger partial charge in [-0.25, -0.2) is 0 Å². The number of carbonyl (C=O) groups is 1. The molecule has 1 aliphatic rings. The highest BCUT2D eigenvalue weighted by Crippen LogP contribution is 2.28. The molecule has 0 aromatic heterocycles. The normalized spacial score (nSPS) is 19.1. The predicted molar refractivity (Wildman–Crippen MR) is 59.2 cm³/mol. The van der Waals surface area contributed by atoms with E-state index in [4.69, 9.17) is 4.74 Å². The van der Waals surface area contributed by atoms with Crippen molar-refractivity contribution in [3.63, 3.8) is 0 Å². The van der Waals surface area contributed by atoms with E-state index < -0.39 is 0 Å². The summed E-state index contributed by atoms with van der Waals surface area (Å²) in [5.41, 5.74) is 2.52. The third-order valence-corrected chi connectivity index (χ3v) is 2.82. The van der Waals surface area contributed by atoms with Crippen molar-refractivity contribution >= 4 is 6.29 Å². The lowest BCUT2D eigenvalue weighted by molar-refractivity contribution is -0.107. The van der Waals surface area contributed by atoms with Crippen molar-refractivity contribution in [1.82, 2.24) is 0 Å². The molecule has 1 aromatic carbocycles. The van der Waals surface area contributed by atoms with Crippen LogP contribution in [0.2, 0.25) is 0 Å². The van der Waals surface area contributed by atoms with Crippen LogP contribution in [0, 0.1) is 0 Å². The second-order valence-corrected chi connectivity index (χ2v) is 4.11. The second kappa shape index (κ2) is 4.47. The molecule has 1 unspecified atom stereocenters. The van der Waals surface area contributed by atoms with E-state index in [9.17, 15) is 4.79 Å². The van der Waals surface area contributed by atoms with Crippen LogP contribution in [0.15, 0.2) is 18.2 Å². The van der Waals surface area contributed by atoms with Crippen LogP contribution in [0.1, 0.15) is 30.9 Å². The van der Waals surface area contributed by atoms with Gasteiger partial charge in [-0.1, -0.05) is 12.1 Å². The lowest BCUT2D eigenvalue weighted by atomic mass is 9.99. The van der Waals surface area contributed by atoms with Crippen LogP contribution in [-0.4, -0.2) is 12.4 Å². The molecule has 0 bridgehead atoms. The van der Waals surface area contributed by atoms with Crippen molar-refractivity contribution < 1.29 is 9.53 Å². The minimum absolute atomic E-state index is 0.332. The Hall–Kier alpha value is -1.31. The summed E-state index contributed by atoms with van der Waals surface area (Å²) in [5, 5.41) is 0. The Labute approximate surface area is 90.3 Å². The Morgan fingerprint density at radius 3 is 3.20 bits per heavy atom. The third-order valence-electron chi connectivity index (χ3n) is 2.82. The molecule has 1 atom stereocenters. The van der Waals surface area contributed by atoms with Crippen molar-refractivity contribution in [2.24, 2.45) is 0 Å². The van der Waals surface area contributed by atoms with Gasteiger partial charge in [-0.3, -0.25) is 0 Å². The van der Waals surface area contributed by atoms with Crippen molar-refractivity contribution in [2.45, 2.75) is 38.7 Å². The molecule has 2 rings (SSSR count). The molecule has 0 fully saturated rings. The summed E-state index contributed by atoms with van der Waals surface area (Å²) in [5.74, 6) is 1.02. The zero-order valence-electron chi connectivity index (χ0n) is 9.03. The first-order valence-electron chi connectivity index (χ1n) is 5.51. The first kappa shape index (κ1) is 10.2. The van der Waals surface area contributed by atoms with Crippen molar-refractivity contribution in [2.75, 3.05) is 0 Å². The van der Waals surface area contributed by atoms with Crippen LogP contribution in [0.25, 0.3) is 0 Å². The molecule has 0 radical (unpaired) electrons. The molecular formula is C13H16O2. The maximum Gasteiger partial charge on any atom is 0.122 e. The van der Waals surface area contributed by atoms with E-state index >= 15 is 0 Å². The summed E-state index contributed by atoms with van der Waals surface area (Å²) in [4.78, 5) is 10.3. The number of aryl methyl sites for hydroxylation is 2. The number of aldehydes is 1. The van der Waals surface area contributed by atoms with Crippen molar-refractivity contribution in [3.8, 4) is 5.75 Å². The van der Waals surface area contributed by atoms with Gasteiger partial charge < -0.3 is 9.53 Å². The van der Waals surface area contributed by atoms with E-state index in [-0.39, 0.29) is 0 Å². The number of benzene rings is 1. The fourth-order valence-corrected chi connectivity index (χ4v) is 1.96. The monoisotopic (exact) mass is 204 g/mol. The largest absolute Gasteiger partial charge is 0.490 e. The Bertz CT molecular complexity index is 358. The van der Waals surface area contributed by atoms with Crippen LogP contribution in [0.3, 0.4) is 0 Å². The highest BCUT2D eigenvalue weighted by atomic mass is 16.5. The molecule has 0 amide bonds. The Morgan fingerprint density at radius 2 is 2.40 bits per heavy atom. The van der Waals surface area contributed by atoms with E-state index in [1.165, 1.54) is 11.1 Å². The van der Waals surface area contributed by atoms with Crippen molar-refractivity contribution in [1.29, 1.82) is 0 Å². The molecule has 0 N–H and O–H groups in total. The summed E-state index contributed by atoms with van der Waals surface area (Å²) in [6.07, 6.45) is 4.93. The Kier molecular flexibility index (Phi) is 3.05. The highest BCUT2D eigenvalue weighted by Gasteiger charge is 2.15. The fourth-order valence-electron chi connectivity index (χ4n) is 1.96. The summed E-state index contributed by atoms with van der Waals surface area (Å²) >= 11 is 0. The first-order valence-corrected chi connectivity index (χ1v) is 5.51. The zero-order chi connectivity index (χ0) is 10.7. The highest BCUT2D eigenvalue weighted by molar-refractivity contribution is 5.50. The predicted octanol–water partition coefficient (Wildman–Crippen LogP) is 2.53. The van der Waals surface area contributed by atoms with E-state index in [2.05, 4.69) is 19.1 Å². The van der Waals surface area contributed by atoms with Crippen LogP contribution >= 0.6 is 0 Å². The van der Waals surface area contributed by atoms with Gasteiger partial charge in [0.05, 0.1) is 6.10 Å². The van der Waals surface area contributed by atoms with Gasteiger partial charge in [0.15, 0.2) is 0 Å². The first-order chi connectivity index (χ1) is 7.29. The average Bonchev–Trinajstić information content (AvgIpc) is 2.26. The molecular weight excluding hydrogens is 188 g/mol. The van der Waals surface area contributed by atoms with E-state index in [0.717, 1.165) is 31.3 Å². The number of hydrogen-bond donors (Lipinski definition) is 0. The fraction of sp³-hybridized carbons (Fsp3) is 0.462. The molecule has 0 saturated heterocycles. The van der Waals surface area contributed by atoms with Crippen LogP contribution in [-0.2, 0) is 17.6 Å².